The Morgan fingerprint density at radius 1 is 1.00 bits per heavy atom. The first-order chi connectivity index (χ1) is 12.1. The number of alkyl halides is 1. The minimum Gasteiger partial charge on any atom is -0.468 e. The third kappa shape index (κ3) is 4.20. The molecule has 1 N–H and O–H groups in total. The molecule has 0 bridgehead atoms. The maximum absolute atomic E-state index is 14.5. The largest absolute Gasteiger partial charge is 0.468 e. The van der Waals surface area contributed by atoms with Crippen molar-refractivity contribution in [1.29, 1.82) is 0 Å². The van der Waals surface area contributed by atoms with Gasteiger partial charge in [-0.3, -0.25) is 9.78 Å². The summed E-state index contributed by atoms with van der Waals surface area (Å²) < 4.78 is 20.4. The molecule has 25 heavy (non-hydrogen) atoms. The van der Waals surface area contributed by atoms with Gasteiger partial charge in [0.25, 0.3) is 5.88 Å². The second-order valence-electron chi connectivity index (χ2n) is 5.41. The molecule has 0 spiro atoms. The first kappa shape index (κ1) is 16.6. The van der Waals surface area contributed by atoms with E-state index >= 15 is 0 Å². The van der Waals surface area contributed by atoms with Crippen molar-refractivity contribution in [3.05, 3.63) is 92.6 Å². The molecule has 3 rings (SSSR count). The van der Waals surface area contributed by atoms with Crippen LogP contribution in [0.2, 0.25) is 0 Å². The first-order valence-electron chi connectivity index (χ1n) is 7.71. The van der Waals surface area contributed by atoms with Gasteiger partial charge in [0.15, 0.2) is 0 Å². The van der Waals surface area contributed by atoms with Gasteiger partial charge in [-0.25, -0.2) is 9.18 Å². The molecule has 3 aromatic rings. The summed E-state index contributed by atoms with van der Waals surface area (Å²) in [4.78, 5) is 25.7. The first-order valence-corrected chi connectivity index (χ1v) is 7.71. The van der Waals surface area contributed by atoms with Crippen LogP contribution in [0.15, 0.2) is 70.3 Å². The van der Waals surface area contributed by atoms with Crippen LogP contribution in [0, 0.1) is 0 Å². The van der Waals surface area contributed by atoms with Gasteiger partial charge in [0.05, 0.1) is 0 Å². The number of ether oxygens (including phenoxy) is 1. The molecule has 1 unspecified atom stereocenters. The molecule has 0 radical (unpaired) electrons. The highest BCUT2D eigenvalue weighted by atomic mass is 19.1. The van der Waals surface area contributed by atoms with Crippen LogP contribution in [0.25, 0.3) is 0 Å². The van der Waals surface area contributed by atoms with Gasteiger partial charge in [0, 0.05) is 6.42 Å². The zero-order valence-corrected chi connectivity index (χ0v) is 13.3. The number of nitrogens with zero attached hydrogens (tertiary/aromatic N) is 2. The number of nitrogens with one attached hydrogen (secondary N) is 1. The lowest BCUT2D eigenvalue weighted by atomic mass is 10.1. The van der Waals surface area contributed by atoms with Crippen molar-refractivity contribution in [3.8, 4) is 5.88 Å². The minimum atomic E-state index is -1.72. The average molecular weight is 341 g/mol. The van der Waals surface area contributed by atoms with Gasteiger partial charge >= 0.3 is 11.2 Å². The highest BCUT2D eigenvalue weighted by Gasteiger charge is 2.16. The van der Waals surface area contributed by atoms with Crippen molar-refractivity contribution < 1.29 is 9.13 Å². The highest BCUT2D eigenvalue weighted by Crippen LogP contribution is 2.13. The Hall–Kier alpha value is -3.22. The van der Waals surface area contributed by atoms with Crippen LogP contribution in [0.5, 0.6) is 5.88 Å². The van der Waals surface area contributed by atoms with Gasteiger partial charge in [-0.2, -0.15) is 4.68 Å². The van der Waals surface area contributed by atoms with Crippen LogP contribution < -0.4 is 16.0 Å². The maximum atomic E-state index is 14.5. The standard InChI is InChI=1S/C18H16FN3O3/c19-15(11-13-7-3-1-4-8-13)22-18(24)20-16(23)17(21-22)25-12-14-9-5-2-6-10-14/h1-10,15H,11-12H2,(H,20,23,24). The molecule has 0 saturated heterocycles. The summed E-state index contributed by atoms with van der Waals surface area (Å²) in [6, 6.07) is 18.0. The van der Waals surface area contributed by atoms with Crippen molar-refractivity contribution in [2.75, 3.05) is 0 Å². The molecule has 1 heterocycles. The summed E-state index contributed by atoms with van der Waals surface area (Å²) in [5, 5.41) is 3.75. The van der Waals surface area contributed by atoms with Crippen LogP contribution in [0.3, 0.4) is 0 Å². The van der Waals surface area contributed by atoms with E-state index < -0.39 is 17.5 Å². The second kappa shape index (κ2) is 7.57. The summed E-state index contributed by atoms with van der Waals surface area (Å²) in [7, 11) is 0. The summed E-state index contributed by atoms with van der Waals surface area (Å²) in [6.45, 7) is 0.0881. The summed E-state index contributed by atoms with van der Waals surface area (Å²) in [5.74, 6) is -0.348. The van der Waals surface area contributed by atoms with E-state index in [1.165, 1.54) is 0 Å². The lowest BCUT2D eigenvalue weighted by molar-refractivity contribution is 0.190. The summed E-state index contributed by atoms with van der Waals surface area (Å²) >= 11 is 0. The van der Waals surface area contributed by atoms with Gasteiger partial charge in [0.2, 0.25) is 6.30 Å². The van der Waals surface area contributed by atoms with Crippen LogP contribution in [0.1, 0.15) is 17.4 Å². The molecule has 0 aliphatic rings. The van der Waals surface area contributed by atoms with E-state index in [-0.39, 0.29) is 18.9 Å². The minimum absolute atomic E-state index is 0.0437. The fourth-order valence-electron chi connectivity index (χ4n) is 2.30. The summed E-state index contributed by atoms with van der Waals surface area (Å²) in [5.41, 5.74) is -0.172. The maximum Gasteiger partial charge on any atom is 0.347 e. The Morgan fingerprint density at radius 2 is 1.60 bits per heavy atom. The van der Waals surface area contributed by atoms with E-state index in [9.17, 15) is 14.0 Å². The van der Waals surface area contributed by atoms with E-state index in [2.05, 4.69) is 5.10 Å². The molecule has 2 aromatic carbocycles. The second-order valence-corrected chi connectivity index (χ2v) is 5.41. The number of rotatable bonds is 6. The lowest BCUT2D eigenvalue weighted by Gasteiger charge is -2.11. The molecular formula is C18H16FN3O3. The molecule has 0 amide bonds. The fourth-order valence-corrected chi connectivity index (χ4v) is 2.30. The third-order valence-corrected chi connectivity index (χ3v) is 3.55. The number of hydrogen-bond donors (Lipinski definition) is 1. The number of aromatic nitrogens is 3. The Bertz CT molecular complexity index is 939. The van der Waals surface area contributed by atoms with E-state index in [1.807, 2.05) is 41.4 Å². The molecule has 0 fully saturated rings. The fraction of sp³-hybridized carbons (Fsp3) is 0.167. The van der Waals surface area contributed by atoms with E-state index in [1.54, 1.807) is 24.3 Å². The predicted octanol–water partition coefficient (Wildman–Crippen LogP) is 2.22. The number of aromatic amines is 1. The Balaban J connectivity index is 1.80. The number of hydrogen-bond acceptors (Lipinski definition) is 4. The van der Waals surface area contributed by atoms with Gasteiger partial charge < -0.3 is 4.74 Å². The predicted molar refractivity (Wildman–Crippen MR) is 90.2 cm³/mol. The van der Waals surface area contributed by atoms with Crippen LogP contribution in [0.4, 0.5) is 4.39 Å². The molecule has 128 valence electrons. The van der Waals surface area contributed by atoms with Gasteiger partial charge in [-0.05, 0) is 11.1 Å². The van der Waals surface area contributed by atoms with Gasteiger partial charge in [0.1, 0.15) is 6.61 Å². The van der Waals surface area contributed by atoms with Crippen LogP contribution in [-0.4, -0.2) is 14.8 Å². The average Bonchev–Trinajstić information content (AvgIpc) is 2.62. The van der Waals surface area contributed by atoms with Crippen molar-refractivity contribution in [2.45, 2.75) is 19.3 Å². The van der Waals surface area contributed by atoms with Crippen LogP contribution >= 0.6 is 0 Å². The van der Waals surface area contributed by atoms with Crippen molar-refractivity contribution in [2.24, 2.45) is 0 Å². The van der Waals surface area contributed by atoms with Crippen LogP contribution in [-0.2, 0) is 13.0 Å². The topological polar surface area (TPSA) is 77.0 Å². The van der Waals surface area contributed by atoms with Gasteiger partial charge in [-0.15, -0.1) is 5.10 Å². The number of benzene rings is 2. The molecule has 1 atom stereocenters. The van der Waals surface area contributed by atoms with E-state index in [0.717, 1.165) is 5.56 Å². The number of halogens is 1. The highest BCUT2D eigenvalue weighted by molar-refractivity contribution is 5.16. The normalized spacial score (nSPS) is 11.9. The molecular weight excluding hydrogens is 325 g/mol. The zero-order chi connectivity index (χ0) is 17.6. The molecule has 1 aromatic heterocycles. The van der Waals surface area contributed by atoms with Crippen molar-refractivity contribution >= 4 is 0 Å². The quantitative estimate of drug-likeness (QED) is 0.746. The Labute approximate surface area is 142 Å². The Morgan fingerprint density at radius 3 is 2.24 bits per heavy atom. The molecule has 0 saturated carbocycles. The summed E-state index contributed by atoms with van der Waals surface area (Å²) in [6.07, 6.45) is -1.76. The smallest absolute Gasteiger partial charge is 0.347 e. The molecule has 7 heteroatoms. The molecule has 0 aliphatic heterocycles. The monoisotopic (exact) mass is 341 g/mol. The SMILES string of the molecule is O=c1[nH]c(=O)n(C(F)Cc2ccccc2)nc1OCc1ccccc1. The van der Waals surface area contributed by atoms with Gasteiger partial charge in [-0.1, -0.05) is 60.7 Å². The van der Waals surface area contributed by atoms with E-state index in [0.29, 0.717) is 10.2 Å². The van der Waals surface area contributed by atoms with Crippen molar-refractivity contribution in [1.82, 2.24) is 14.8 Å². The van der Waals surface area contributed by atoms with Crippen molar-refractivity contribution in [3.63, 3.8) is 0 Å². The third-order valence-electron chi connectivity index (χ3n) is 3.55. The Kier molecular flexibility index (Phi) is 5.03. The van der Waals surface area contributed by atoms with E-state index in [4.69, 9.17) is 4.74 Å². The number of H-pyrrole nitrogens is 1. The zero-order valence-electron chi connectivity index (χ0n) is 13.3. The lowest BCUT2D eigenvalue weighted by Crippen LogP contribution is -2.35. The molecule has 6 nitrogen and oxygen atoms in total. The molecule has 0 aliphatic carbocycles.